The predicted molar refractivity (Wildman–Crippen MR) is 172 cm³/mol. The average Bonchev–Trinajstić information content (AvgIpc) is 3.44. The Morgan fingerprint density at radius 2 is 1.78 bits per heavy atom. The molecule has 2 heterocycles. The van der Waals surface area contributed by atoms with Crippen molar-refractivity contribution in [2.75, 3.05) is 32.6 Å². The fourth-order valence-electron chi connectivity index (χ4n) is 5.75. The van der Waals surface area contributed by atoms with Gasteiger partial charge in [-0.1, -0.05) is 54.1 Å². The summed E-state index contributed by atoms with van der Waals surface area (Å²) in [5, 5.41) is 12.8. The van der Waals surface area contributed by atoms with Crippen LogP contribution in [0.25, 0.3) is 22.4 Å². The first-order valence-electron chi connectivity index (χ1n) is 15.0. The van der Waals surface area contributed by atoms with Gasteiger partial charge in [-0.2, -0.15) is 18.4 Å². The highest BCUT2D eigenvalue weighted by Gasteiger charge is 2.36. The molecule has 7 nitrogen and oxygen atoms in total. The maximum absolute atomic E-state index is 14.1. The first-order valence-corrected chi connectivity index (χ1v) is 15.0. The molecular formula is C36H35F3N4O3. The highest BCUT2D eigenvalue weighted by Crippen LogP contribution is 2.36. The third-order valence-corrected chi connectivity index (χ3v) is 8.18. The van der Waals surface area contributed by atoms with E-state index in [0.717, 1.165) is 52.5 Å². The fraction of sp³-hybridized carbons (Fsp3) is 0.306. The zero-order valence-corrected chi connectivity index (χ0v) is 26.2. The number of carbonyl (C=O) groups is 1. The minimum Gasteiger partial charge on any atom is -0.464 e. The number of fused-ring (bicyclic) bond motifs is 1. The van der Waals surface area contributed by atoms with Gasteiger partial charge in [0.2, 0.25) is 0 Å². The molecule has 0 spiro atoms. The van der Waals surface area contributed by atoms with Crippen molar-refractivity contribution in [3.8, 4) is 28.5 Å². The summed E-state index contributed by atoms with van der Waals surface area (Å²) in [4.78, 5) is 28.2. The van der Waals surface area contributed by atoms with E-state index in [1.165, 1.54) is 10.6 Å². The first-order chi connectivity index (χ1) is 21.8. The maximum atomic E-state index is 14.1. The molecule has 0 radical (unpaired) electrons. The van der Waals surface area contributed by atoms with Gasteiger partial charge in [0.1, 0.15) is 17.7 Å². The van der Waals surface area contributed by atoms with E-state index in [1.807, 2.05) is 75.3 Å². The molecule has 1 unspecified atom stereocenters. The van der Waals surface area contributed by atoms with Crippen molar-refractivity contribution in [3.05, 3.63) is 110 Å². The molecule has 4 aromatic rings. The Morgan fingerprint density at radius 3 is 2.48 bits per heavy atom. The van der Waals surface area contributed by atoms with Crippen molar-refractivity contribution in [3.63, 3.8) is 0 Å². The Hall–Kier alpha value is -4.88. The number of esters is 1. The van der Waals surface area contributed by atoms with E-state index in [-0.39, 0.29) is 18.2 Å². The molecule has 46 heavy (non-hydrogen) atoms. The van der Waals surface area contributed by atoms with E-state index >= 15 is 0 Å². The molecule has 0 fully saturated rings. The van der Waals surface area contributed by atoms with Gasteiger partial charge in [-0.15, -0.1) is 0 Å². The topological polar surface area (TPSA) is 87.4 Å². The van der Waals surface area contributed by atoms with Crippen molar-refractivity contribution in [1.82, 2.24) is 9.47 Å². The Bertz CT molecular complexity index is 1890. The van der Waals surface area contributed by atoms with Gasteiger partial charge >= 0.3 is 12.1 Å². The number of carbonyl (C=O) groups excluding carboxylic acids is 1. The van der Waals surface area contributed by atoms with Crippen LogP contribution in [0.15, 0.2) is 71.5 Å². The van der Waals surface area contributed by atoms with Crippen molar-refractivity contribution < 1.29 is 22.7 Å². The van der Waals surface area contributed by atoms with Gasteiger partial charge in [-0.3, -0.25) is 4.79 Å². The summed E-state index contributed by atoms with van der Waals surface area (Å²) in [5.41, 5.74) is 3.11. The van der Waals surface area contributed by atoms with Crippen LogP contribution in [0.2, 0.25) is 0 Å². The second kappa shape index (κ2) is 13.2. The Kier molecular flexibility index (Phi) is 9.35. The Balaban J connectivity index is 1.49. The number of aryl methyl sites for hydroxylation is 2. The number of halogens is 3. The molecule has 1 N–H and O–H groups in total. The zero-order chi connectivity index (χ0) is 33.2. The van der Waals surface area contributed by atoms with E-state index in [2.05, 4.69) is 5.32 Å². The highest BCUT2D eigenvalue weighted by atomic mass is 19.4. The number of alkyl halides is 3. The van der Waals surface area contributed by atoms with Gasteiger partial charge in [0.15, 0.2) is 0 Å². The van der Waals surface area contributed by atoms with Crippen LogP contribution in [0.4, 0.5) is 18.9 Å². The van der Waals surface area contributed by atoms with E-state index in [9.17, 15) is 28.0 Å². The molecular weight excluding hydrogens is 593 g/mol. The van der Waals surface area contributed by atoms with Gasteiger partial charge in [-0.25, -0.2) is 4.79 Å². The second-order valence-electron chi connectivity index (χ2n) is 11.9. The van der Waals surface area contributed by atoms with Crippen LogP contribution in [0.1, 0.15) is 39.8 Å². The molecule has 0 bridgehead atoms. The molecule has 5 rings (SSSR count). The number of nitrogens with zero attached hydrogens (tertiary/aromatic N) is 3. The fourth-order valence-corrected chi connectivity index (χ4v) is 5.75. The van der Waals surface area contributed by atoms with Crippen molar-refractivity contribution >= 4 is 11.7 Å². The number of anilines is 1. The van der Waals surface area contributed by atoms with Crippen LogP contribution in [0, 0.1) is 25.2 Å². The van der Waals surface area contributed by atoms with Crippen molar-refractivity contribution in [2.45, 2.75) is 45.5 Å². The van der Waals surface area contributed by atoms with Crippen LogP contribution in [-0.4, -0.2) is 48.7 Å². The summed E-state index contributed by atoms with van der Waals surface area (Å²) in [6.07, 6.45) is -3.68. The summed E-state index contributed by atoms with van der Waals surface area (Å²) < 4.78 is 49.0. The maximum Gasteiger partial charge on any atom is 0.417 e. The van der Waals surface area contributed by atoms with E-state index < -0.39 is 28.9 Å². The largest absolute Gasteiger partial charge is 0.464 e. The standard InChI is InChI=1S/C36H35F3N4O3/c1-22-9-10-28(23(2)15-22)21-43-33(19-30(36(37,38)39)29(20-40)34(43)44)27-8-5-7-24(16-27)25-11-12-26-18-32(41-31(26)17-25)35(45)46-14-6-13-42(3)4/h5,7-12,15-17,19,32,41H,6,13-14,18,21H2,1-4H3. The van der Waals surface area contributed by atoms with E-state index in [1.54, 1.807) is 18.2 Å². The lowest BCUT2D eigenvalue weighted by Crippen LogP contribution is -2.29. The summed E-state index contributed by atoms with van der Waals surface area (Å²) in [7, 11) is 3.92. The molecule has 10 heteroatoms. The molecule has 1 aliphatic heterocycles. The molecule has 0 amide bonds. The number of hydrogen-bond donors (Lipinski definition) is 1. The molecule has 238 valence electrons. The van der Waals surface area contributed by atoms with E-state index in [0.29, 0.717) is 24.2 Å². The van der Waals surface area contributed by atoms with Gasteiger partial charge in [0, 0.05) is 18.7 Å². The number of benzene rings is 3. The first kappa shape index (κ1) is 32.5. The Morgan fingerprint density at radius 1 is 1.04 bits per heavy atom. The minimum atomic E-state index is -4.90. The van der Waals surface area contributed by atoms with Crippen molar-refractivity contribution in [2.24, 2.45) is 0 Å². The second-order valence-corrected chi connectivity index (χ2v) is 11.9. The number of rotatable bonds is 9. The SMILES string of the molecule is Cc1ccc(Cn2c(-c3cccc(-c4ccc5c(c4)NC(C(=O)OCCCN(C)C)C5)c3)cc(C(F)(F)F)c(C#N)c2=O)c(C)c1. The van der Waals surface area contributed by atoms with Crippen molar-refractivity contribution in [1.29, 1.82) is 5.26 Å². The quantitative estimate of drug-likeness (QED) is 0.167. The number of hydrogen-bond acceptors (Lipinski definition) is 6. The van der Waals surface area contributed by atoms with Gasteiger partial charge < -0.3 is 19.5 Å². The number of aromatic nitrogens is 1. The van der Waals surface area contributed by atoms with Crippen LogP contribution >= 0.6 is 0 Å². The van der Waals surface area contributed by atoms with Gasteiger partial charge in [-0.05, 0) is 85.9 Å². The Labute approximate surface area is 265 Å². The van der Waals surface area contributed by atoms with Crippen LogP contribution in [-0.2, 0) is 28.7 Å². The number of nitriles is 1. The highest BCUT2D eigenvalue weighted by molar-refractivity contribution is 5.84. The monoisotopic (exact) mass is 628 g/mol. The van der Waals surface area contributed by atoms with Crippen LogP contribution in [0.5, 0.6) is 0 Å². The average molecular weight is 629 g/mol. The molecule has 1 aliphatic rings. The zero-order valence-electron chi connectivity index (χ0n) is 26.2. The molecule has 3 aromatic carbocycles. The van der Waals surface area contributed by atoms with Gasteiger partial charge in [0.25, 0.3) is 5.56 Å². The lowest BCUT2D eigenvalue weighted by Gasteiger charge is -2.19. The number of pyridine rings is 1. The predicted octanol–water partition coefficient (Wildman–Crippen LogP) is 6.57. The summed E-state index contributed by atoms with van der Waals surface area (Å²) in [6.45, 7) is 4.95. The molecule has 0 saturated carbocycles. The van der Waals surface area contributed by atoms with Crippen LogP contribution in [0.3, 0.4) is 0 Å². The lowest BCUT2D eigenvalue weighted by atomic mass is 9.97. The molecule has 0 saturated heterocycles. The van der Waals surface area contributed by atoms with Crippen LogP contribution < -0.4 is 10.9 Å². The summed E-state index contributed by atoms with van der Waals surface area (Å²) in [6, 6.07) is 20.2. The lowest BCUT2D eigenvalue weighted by molar-refractivity contribution is -0.144. The minimum absolute atomic E-state index is 0.00722. The third-order valence-electron chi connectivity index (χ3n) is 8.18. The smallest absolute Gasteiger partial charge is 0.417 e. The summed E-state index contributed by atoms with van der Waals surface area (Å²) >= 11 is 0. The number of ether oxygens (including phenoxy) is 1. The third kappa shape index (κ3) is 7.00. The van der Waals surface area contributed by atoms with Gasteiger partial charge in [0.05, 0.1) is 24.4 Å². The molecule has 0 aliphatic carbocycles. The summed E-state index contributed by atoms with van der Waals surface area (Å²) in [5.74, 6) is -0.318. The van der Waals surface area contributed by atoms with E-state index in [4.69, 9.17) is 4.74 Å². The molecule has 1 aromatic heterocycles. The number of nitrogens with one attached hydrogen (secondary N) is 1. The molecule has 1 atom stereocenters. The normalized spacial score (nSPS) is 14.1.